The van der Waals surface area contributed by atoms with Gasteiger partial charge in [-0.25, -0.2) is 17.6 Å². The van der Waals surface area contributed by atoms with Gasteiger partial charge in [0.25, 0.3) is 0 Å². The lowest BCUT2D eigenvalue weighted by atomic mass is 10.1. The van der Waals surface area contributed by atoms with E-state index in [1.807, 2.05) is 0 Å². The zero-order valence-electron chi connectivity index (χ0n) is 15.7. The summed E-state index contributed by atoms with van der Waals surface area (Å²) in [6, 6.07) is 3.72. The summed E-state index contributed by atoms with van der Waals surface area (Å²) in [6.07, 6.45) is 0.114. The molecule has 2 aromatic carbocycles. The van der Waals surface area contributed by atoms with Crippen LogP contribution in [0.3, 0.4) is 0 Å². The summed E-state index contributed by atoms with van der Waals surface area (Å²) in [4.78, 5) is 10.6. The maximum absolute atomic E-state index is 13.3. The quantitative estimate of drug-likeness (QED) is 0.533. The van der Waals surface area contributed by atoms with Crippen molar-refractivity contribution in [3.63, 3.8) is 0 Å². The summed E-state index contributed by atoms with van der Waals surface area (Å²) in [5.41, 5.74) is 0.451. The molecule has 0 aliphatic carbocycles. The van der Waals surface area contributed by atoms with Crippen LogP contribution in [0.1, 0.15) is 39.6 Å². The van der Waals surface area contributed by atoms with E-state index < -0.39 is 35.8 Å². The van der Waals surface area contributed by atoms with Gasteiger partial charge in [0.05, 0.1) is 32.0 Å². The fourth-order valence-electron chi connectivity index (χ4n) is 3.01. The average Bonchev–Trinajstić information content (AvgIpc) is 3.41. The number of hydrogen-bond donors (Lipinski definition) is 0. The Morgan fingerprint density at radius 1 is 0.733 bits per heavy atom. The molecular weight excluding hydrogens is 408 g/mol. The molecule has 0 spiro atoms. The van der Waals surface area contributed by atoms with Gasteiger partial charge in [0.15, 0.2) is 18.9 Å². The van der Waals surface area contributed by atoms with E-state index in [1.165, 1.54) is 12.1 Å². The van der Waals surface area contributed by atoms with Gasteiger partial charge >= 0.3 is 0 Å². The lowest BCUT2D eigenvalue weighted by Crippen LogP contribution is -2.05. The third-order valence-electron chi connectivity index (χ3n) is 4.33. The maximum Gasteiger partial charge on any atom is 0.184 e. The van der Waals surface area contributed by atoms with E-state index in [-0.39, 0.29) is 16.7 Å². The minimum Gasteiger partial charge on any atom is -0.346 e. The van der Waals surface area contributed by atoms with Crippen molar-refractivity contribution in [2.24, 2.45) is 0 Å². The summed E-state index contributed by atoms with van der Waals surface area (Å²) >= 11 is 0. The molecular formula is C21H18F4O5. The van der Waals surface area contributed by atoms with Crippen molar-refractivity contribution < 1.29 is 41.3 Å². The van der Waals surface area contributed by atoms with E-state index in [4.69, 9.17) is 18.9 Å². The largest absolute Gasteiger partial charge is 0.346 e. The van der Waals surface area contributed by atoms with E-state index in [0.29, 0.717) is 44.3 Å². The fraction of sp³-hybridized carbons (Fsp3) is 0.286. The second kappa shape index (κ2) is 9.94. The summed E-state index contributed by atoms with van der Waals surface area (Å²) in [6.45, 7) is 5.04. The molecule has 0 radical (unpaired) electrons. The topological polar surface area (TPSA) is 54.0 Å². The standard InChI is InChI=1S/C11H10F2O2.C10H8F2O3/c1-2-8-9(11-14-3-4-15-11)5-7(12)6-10(8)13;11-6-3-7(10-14-1-2-15-10)8(5-13)9(12)4-6/h2,5-6,11H,1,3-4H2;3-5,10H,1-2H2. The van der Waals surface area contributed by atoms with E-state index in [0.717, 1.165) is 12.1 Å². The molecule has 0 amide bonds. The van der Waals surface area contributed by atoms with E-state index in [1.54, 1.807) is 0 Å². The molecule has 5 nitrogen and oxygen atoms in total. The number of ether oxygens (including phenoxy) is 4. The monoisotopic (exact) mass is 426 g/mol. The molecule has 2 aromatic rings. The number of aldehydes is 1. The van der Waals surface area contributed by atoms with Gasteiger partial charge in [-0.05, 0) is 12.1 Å². The molecule has 0 N–H and O–H groups in total. The molecule has 2 aliphatic heterocycles. The van der Waals surface area contributed by atoms with Crippen LogP contribution in [-0.4, -0.2) is 32.7 Å². The first-order valence-corrected chi connectivity index (χ1v) is 8.96. The van der Waals surface area contributed by atoms with Crippen LogP contribution in [0, 0.1) is 23.3 Å². The van der Waals surface area contributed by atoms with Gasteiger partial charge in [-0.3, -0.25) is 4.79 Å². The van der Waals surface area contributed by atoms with Crippen molar-refractivity contribution in [3.8, 4) is 0 Å². The molecule has 2 saturated heterocycles. The highest BCUT2D eigenvalue weighted by Crippen LogP contribution is 2.30. The van der Waals surface area contributed by atoms with Gasteiger partial charge in [-0.15, -0.1) is 0 Å². The second-order valence-corrected chi connectivity index (χ2v) is 6.25. The SMILES string of the molecule is C=Cc1c(F)cc(F)cc1C1OCCO1.O=Cc1c(F)cc(F)cc1C1OCCO1. The van der Waals surface area contributed by atoms with Crippen LogP contribution in [0.25, 0.3) is 6.08 Å². The summed E-state index contributed by atoms with van der Waals surface area (Å²) < 4.78 is 73.0. The normalized spacial score (nSPS) is 16.9. The van der Waals surface area contributed by atoms with Gasteiger partial charge in [-0.2, -0.15) is 0 Å². The molecule has 0 saturated carbocycles. The minimum absolute atomic E-state index is 0.0972. The molecule has 160 valence electrons. The number of carbonyl (C=O) groups excluding carboxylic acids is 1. The van der Waals surface area contributed by atoms with Crippen LogP contribution in [0.4, 0.5) is 17.6 Å². The van der Waals surface area contributed by atoms with Crippen molar-refractivity contribution in [1.82, 2.24) is 0 Å². The number of benzene rings is 2. The Labute approximate surface area is 169 Å². The first kappa shape index (κ1) is 22.1. The second-order valence-electron chi connectivity index (χ2n) is 6.25. The third kappa shape index (κ3) is 4.93. The molecule has 2 aliphatic rings. The van der Waals surface area contributed by atoms with Crippen LogP contribution in [0.5, 0.6) is 0 Å². The van der Waals surface area contributed by atoms with Gasteiger partial charge < -0.3 is 18.9 Å². The van der Waals surface area contributed by atoms with Crippen molar-refractivity contribution in [2.45, 2.75) is 12.6 Å². The zero-order chi connectivity index (χ0) is 21.7. The highest BCUT2D eigenvalue weighted by Gasteiger charge is 2.24. The smallest absolute Gasteiger partial charge is 0.184 e. The fourth-order valence-corrected chi connectivity index (χ4v) is 3.01. The number of rotatable bonds is 4. The average molecular weight is 426 g/mol. The molecule has 30 heavy (non-hydrogen) atoms. The van der Waals surface area contributed by atoms with Crippen molar-refractivity contribution in [1.29, 1.82) is 0 Å². The first-order valence-electron chi connectivity index (χ1n) is 8.96. The van der Waals surface area contributed by atoms with E-state index in [9.17, 15) is 22.4 Å². The Morgan fingerprint density at radius 2 is 1.13 bits per heavy atom. The minimum atomic E-state index is -0.904. The van der Waals surface area contributed by atoms with Crippen LogP contribution < -0.4 is 0 Å². The van der Waals surface area contributed by atoms with E-state index in [2.05, 4.69) is 6.58 Å². The molecule has 0 atom stereocenters. The highest BCUT2D eigenvalue weighted by molar-refractivity contribution is 5.77. The van der Waals surface area contributed by atoms with Gasteiger partial charge in [0.1, 0.15) is 23.3 Å². The lowest BCUT2D eigenvalue weighted by molar-refractivity contribution is -0.0449. The molecule has 2 fully saturated rings. The predicted octanol–water partition coefficient (Wildman–Crippen LogP) is 4.48. The van der Waals surface area contributed by atoms with Gasteiger partial charge in [0, 0.05) is 28.8 Å². The summed E-state index contributed by atoms with van der Waals surface area (Å²) in [7, 11) is 0. The summed E-state index contributed by atoms with van der Waals surface area (Å²) in [5, 5.41) is 0. The first-order chi connectivity index (χ1) is 14.4. The Morgan fingerprint density at radius 3 is 1.53 bits per heavy atom. The Kier molecular flexibility index (Phi) is 7.33. The number of halogens is 4. The van der Waals surface area contributed by atoms with Gasteiger partial charge in [0.2, 0.25) is 0 Å². The van der Waals surface area contributed by atoms with Crippen LogP contribution in [0.15, 0.2) is 30.8 Å². The van der Waals surface area contributed by atoms with Gasteiger partial charge in [-0.1, -0.05) is 12.7 Å². The Balaban J connectivity index is 0.000000171. The number of carbonyl (C=O) groups is 1. The molecule has 0 bridgehead atoms. The zero-order valence-corrected chi connectivity index (χ0v) is 15.7. The van der Waals surface area contributed by atoms with Crippen LogP contribution in [-0.2, 0) is 18.9 Å². The highest BCUT2D eigenvalue weighted by atomic mass is 19.1. The van der Waals surface area contributed by atoms with E-state index >= 15 is 0 Å². The van der Waals surface area contributed by atoms with Crippen LogP contribution in [0.2, 0.25) is 0 Å². The van der Waals surface area contributed by atoms with Crippen molar-refractivity contribution in [2.75, 3.05) is 26.4 Å². The predicted molar refractivity (Wildman–Crippen MR) is 97.5 cm³/mol. The van der Waals surface area contributed by atoms with Crippen LogP contribution >= 0.6 is 0 Å². The molecule has 2 heterocycles. The molecule has 9 heteroatoms. The van der Waals surface area contributed by atoms with Crippen molar-refractivity contribution >= 4 is 12.4 Å². The lowest BCUT2D eigenvalue weighted by Gasteiger charge is -2.13. The third-order valence-corrected chi connectivity index (χ3v) is 4.33. The Hall–Kier alpha value is -2.59. The molecule has 0 aromatic heterocycles. The molecule has 0 unspecified atom stereocenters. The van der Waals surface area contributed by atoms with Crippen molar-refractivity contribution in [3.05, 3.63) is 76.4 Å². The molecule has 4 rings (SSSR count). The summed E-state index contributed by atoms with van der Waals surface area (Å²) in [5.74, 6) is -2.96. The number of hydrogen-bond acceptors (Lipinski definition) is 5. The maximum atomic E-state index is 13.3. The Bertz CT molecular complexity index is 847.